The molecule has 0 aliphatic carbocycles. The van der Waals surface area contributed by atoms with Crippen molar-refractivity contribution in [1.29, 1.82) is 0 Å². The third-order valence-electron chi connectivity index (χ3n) is 5.07. The molecule has 0 radical (unpaired) electrons. The molecule has 26 heavy (non-hydrogen) atoms. The van der Waals surface area contributed by atoms with Crippen molar-refractivity contribution in [2.75, 3.05) is 13.1 Å². The van der Waals surface area contributed by atoms with Gasteiger partial charge in [-0.15, -0.1) is 0 Å². The van der Waals surface area contributed by atoms with E-state index in [4.69, 9.17) is 0 Å². The molecule has 1 amide bonds. The number of carbonyl (C=O) groups excluding carboxylic acids is 1. The monoisotopic (exact) mass is 383 g/mol. The first-order valence-corrected chi connectivity index (χ1v) is 11.1. The molecule has 2 heterocycles. The third-order valence-corrected chi connectivity index (χ3v) is 6.96. The summed E-state index contributed by atoms with van der Waals surface area (Å²) in [4.78, 5) is 12.8. The molecule has 2 rings (SSSR count). The highest BCUT2D eigenvalue weighted by Gasteiger charge is 2.32. The quantitative estimate of drug-likeness (QED) is 0.750. The number of nitrogens with zero attached hydrogens (tertiary/aromatic N) is 2. The lowest BCUT2D eigenvalue weighted by molar-refractivity contribution is -0.126. The predicted molar refractivity (Wildman–Crippen MR) is 103 cm³/mol. The summed E-state index contributed by atoms with van der Waals surface area (Å²) in [7, 11) is -1.65. The van der Waals surface area contributed by atoms with E-state index in [2.05, 4.69) is 19.2 Å². The summed E-state index contributed by atoms with van der Waals surface area (Å²) in [6, 6.07) is 1.79. The smallest absolute Gasteiger partial charge is 0.244 e. The summed E-state index contributed by atoms with van der Waals surface area (Å²) in [5, 5.41) is 3.10. The standard InChI is InChI=1S/C19H33N3O3S/c1-15(2)6-5-7-16(3)20-19(23)17-8-12-22(13-9-17)26(24,25)18-10-11-21(4)14-18/h10-11,14-17H,5-9,12-13H2,1-4H3,(H,20,23). The van der Waals surface area contributed by atoms with Gasteiger partial charge in [0.2, 0.25) is 15.9 Å². The van der Waals surface area contributed by atoms with E-state index in [0.29, 0.717) is 36.7 Å². The van der Waals surface area contributed by atoms with E-state index in [1.807, 2.05) is 6.92 Å². The first kappa shape index (κ1) is 21.0. The van der Waals surface area contributed by atoms with Crippen molar-refractivity contribution in [2.45, 2.75) is 63.8 Å². The van der Waals surface area contributed by atoms with Crippen molar-refractivity contribution < 1.29 is 13.2 Å². The van der Waals surface area contributed by atoms with Crippen molar-refractivity contribution in [2.24, 2.45) is 18.9 Å². The van der Waals surface area contributed by atoms with Gasteiger partial charge < -0.3 is 9.88 Å². The first-order chi connectivity index (χ1) is 12.2. The summed E-state index contributed by atoms with van der Waals surface area (Å²) < 4.78 is 28.5. The Hall–Kier alpha value is -1.34. The van der Waals surface area contributed by atoms with Crippen molar-refractivity contribution in [3.63, 3.8) is 0 Å². The average molecular weight is 384 g/mol. The number of aromatic nitrogens is 1. The van der Waals surface area contributed by atoms with Crippen LogP contribution in [0.15, 0.2) is 23.4 Å². The SMILES string of the molecule is CC(C)CCCC(C)NC(=O)C1CCN(S(=O)(=O)c2ccn(C)c2)CC1. The van der Waals surface area contributed by atoms with E-state index >= 15 is 0 Å². The number of rotatable bonds is 8. The van der Waals surface area contributed by atoms with Crippen molar-refractivity contribution in [1.82, 2.24) is 14.2 Å². The van der Waals surface area contributed by atoms with Gasteiger partial charge in [0.15, 0.2) is 0 Å². The van der Waals surface area contributed by atoms with E-state index in [1.54, 1.807) is 30.1 Å². The van der Waals surface area contributed by atoms with E-state index in [0.717, 1.165) is 12.8 Å². The van der Waals surface area contributed by atoms with Crippen LogP contribution < -0.4 is 5.32 Å². The van der Waals surface area contributed by atoms with Crippen LogP contribution in [0, 0.1) is 11.8 Å². The average Bonchev–Trinajstić information content (AvgIpc) is 3.02. The Bertz CT molecular complexity index is 689. The molecule has 1 aliphatic heterocycles. The second-order valence-corrected chi connectivity index (χ2v) is 9.86. The summed E-state index contributed by atoms with van der Waals surface area (Å²) >= 11 is 0. The van der Waals surface area contributed by atoms with Crippen LogP contribution in [0.3, 0.4) is 0 Å². The van der Waals surface area contributed by atoms with Crippen LogP contribution in [0.4, 0.5) is 0 Å². The van der Waals surface area contributed by atoms with Crippen LogP contribution in [0.5, 0.6) is 0 Å². The number of hydrogen-bond acceptors (Lipinski definition) is 3. The first-order valence-electron chi connectivity index (χ1n) is 9.62. The highest BCUT2D eigenvalue weighted by atomic mass is 32.2. The number of amides is 1. The predicted octanol–water partition coefficient (Wildman–Crippen LogP) is 2.76. The summed E-state index contributed by atoms with van der Waals surface area (Å²) in [5.74, 6) is 0.664. The van der Waals surface area contributed by atoms with Gasteiger partial charge in [0.05, 0.1) is 4.90 Å². The molecule has 1 aromatic rings. The topological polar surface area (TPSA) is 71.4 Å². The third kappa shape index (κ3) is 5.58. The lowest BCUT2D eigenvalue weighted by Crippen LogP contribution is -2.44. The van der Waals surface area contributed by atoms with E-state index < -0.39 is 10.0 Å². The van der Waals surface area contributed by atoms with Crippen LogP contribution >= 0.6 is 0 Å². The molecule has 1 fully saturated rings. The van der Waals surface area contributed by atoms with Gasteiger partial charge in [-0.25, -0.2) is 8.42 Å². The Morgan fingerprint density at radius 2 is 1.88 bits per heavy atom. The highest BCUT2D eigenvalue weighted by molar-refractivity contribution is 7.89. The van der Waals surface area contributed by atoms with Gasteiger partial charge in [0, 0.05) is 44.5 Å². The van der Waals surface area contributed by atoms with E-state index in [-0.39, 0.29) is 17.9 Å². The molecule has 0 aromatic carbocycles. The molecule has 0 spiro atoms. The fourth-order valence-electron chi connectivity index (χ4n) is 3.40. The van der Waals surface area contributed by atoms with Crippen LogP contribution in [-0.4, -0.2) is 42.3 Å². The second kappa shape index (κ2) is 9.04. The van der Waals surface area contributed by atoms with Gasteiger partial charge in [0.1, 0.15) is 0 Å². The molecule has 148 valence electrons. The minimum atomic E-state index is -3.45. The molecule has 1 N–H and O–H groups in total. The molecule has 1 atom stereocenters. The zero-order chi connectivity index (χ0) is 19.3. The van der Waals surface area contributed by atoms with Crippen molar-refractivity contribution >= 4 is 15.9 Å². The fourth-order valence-corrected chi connectivity index (χ4v) is 4.92. The normalized spacial score (nSPS) is 18.2. The number of sulfonamides is 1. The molecule has 1 aromatic heterocycles. The minimum Gasteiger partial charge on any atom is -0.356 e. The molecular formula is C19H33N3O3S. The molecule has 0 saturated carbocycles. The molecule has 7 heteroatoms. The Labute approximate surface area is 158 Å². The zero-order valence-corrected chi connectivity index (χ0v) is 17.3. The van der Waals surface area contributed by atoms with E-state index in [9.17, 15) is 13.2 Å². The van der Waals surface area contributed by atoms with Gasteiger partial charge >= 0.3 is 0 Å². The van der Waals surface area contributed by atoms with Gasteiger partial charge in [-0.3, -0.25) is 4.79 Å². The van der Waals surface area contributed by atoms with E-state index in [1.165, 1.54) is 10.7 Å². The zero-order valence-electron chi connectivity index (χ0n) is 16.4. The van der Waals surface area contributed by atoms with Crippen molar-refractivity contribution in [3.05, 3.63) is 18.5 Å². The lowest BCUT2D eigenvalue weighted by Gasteiger charge is -2.31. The number of piperidine rings is 1. The summed E-state index contributed by atoms with van der Waals surface area (Å²) in [6.45, 7) is 7.27. The van der Waals surface area contributed by atoms with Crippen LogP contribution in [0.1, 0.15) is 52.9 Å². The largest absolute Gasteiger partial charge is 0.356 e. The van der Waals surface area contributed by atoms with Crippen LogP contribution in [-0.2, 0) is 21.9 Å². The molecular weight excluding hydrogens is 350 g/mol. The Balaban J connectivity index is 1.81. The Morgan fingerprint density at radius 3 is 2.42 bits per heavy atom. The Kier molecular flexibility index (Phi) is 7.29. The van der Waals surface area contributed by atoms with Crippen LogP contribution in [0.25, 0.3) is 0 Å². The van der Waals surface area contributed by atoms with Gasteiger partial charge in [0.25, 0.3) is 0 Å². The lowest BCUT2D eigenvalue weighted by atomic mass is 9.96. The maximum absolute atomic E-state index is 12.6. The highest BCUT2D eigenvalue weighted by Crippen LogP contribution is 2.24. The van der Waals surface area contributed by atoms with Crippen molar-refractivity contribution in [3.8, 4) is 0 Å². The maximum atomic E-state index is 12.6. The molecule has 1 aliphatic rings. The fraction of sp³-hybridized carbons (Fsp3) is 0.737. The number of aryl methyl sites for hydroxylation is 1. The van der Waals surface area contributed by atoms with Crippen LogP contribution in [0.2, 0.25) is 0 Å². The molecule has 0 bridgehead atoms. The molecule has 6 nitrogen and oxygen atoms in total. The second-order valence-electron chi connectivity index (χ2n) is 7.93. The van der Waals surface area contributed by atoms with Gasteiger partial charge in [-0.1, -0.05) is 26.7 Å². The summed E-state index contributed by atoms with van der Waals surface area (Å²) in [5.41, 5.74) is 0. The minimum absolute atomic E-state index is 0.0683. The summed E-state index contributed by atoms with van der Waals surface area (Å²) in [6.07, 6.45) is 7.79. The Morgan fingerprint density at radius 1 is 1.23 bits per heavy atom. The number of hydrogen-bond donors (Lipinski definition) is 1. The maximum Gasteiger partial charge on any atom is 0.244 e. The number of nitrogens with one attached hydrogen (secondary N) is 1. The van der Waals surface area contributed by atoms with Gasteiger partial charge in [-0.2, -0.15) is 4.31 Å². The van der Waals surface area contributed by atoms with Gasteiger partial charge in [-0.05, 0) is 38.2 Å². The molecule has 1 unspecified atom stereocenters. The molecule has 1 saturated heterocycles. The number of carbonyl (C=O) groups is 1.